The van der Waals surface area contributed by atoms with Crippen molar-refractivity contribution >= 4 is 5.95 Å². The lowest BCUT2D eigenvalue weighted by Gasteiger charge is -2.45. The number of hydrogen-bond donors (Lipinski definition) is 1. The van der Waals surface area contributed by atoms with Gasteiger partial charge in [0.25, 0.3) is 5.56 Å². The van der Waals surface area contributed by atoms with Crippen molar-refractivity contribution in [3.8, 4) is 11.4 Å². The van der Waals surface area contributed by atoms with Crippen molar-refractivity contribution in [2.24, 2.45) is 0 Å². The Labute approximate surface area is 167 Å². The van der Waals surface area contributed by atoms with E-state index in [9.17, 15) is 14.3 Å². The van der Waals surface area contributed by atoms with Gasteiger partial charge in [0, 0.05) is 24.3 Å². The maximum atomic E-state index is 13.6. The van der Waals surface area contributed by atoms with Gasteiger partial charge in [0.15, 0.2) is 0 Å². The zero-order valence-electron chi connectivity index (χ0n) is 16.3. The van der Waals surface area contributed by atoms with Crippen LogP contribution >= 0.6 is 0 Å². The lowest BCUT2D eigenvalue weighted by Crippen LogP contribution is -2.53. The SMILES string of the molecule is CC1(C)CCn2c(nc(-c3ccncn3)cc2=O)N1C[C@@H](O)c1cccc(F)c1. The topological polar surface area (TPSA) is 84.1 Å². The van der Waals surface area contributed by atoms with Gasteiger partial charge >= 0.3 is 0 Å². The van der Waals surface area contributed by atoms with Gasteiger partial charge in [-0.3, -0.25) is 9.36 Å². The molecule has 8 heteroatoms. The molecule has 4 rings (SSSR count). The molecule has 150 valence electrons. The summed E-state index contributed by atoms with van der Waals surface area (Å²) in [7, 11) is 0. The van der Waals surface area contributed by atoms with Gasteiger partial charge in [0.05, 0.1) is 24.0 Å². The number of aliphatic hydroxyl groups excluding tert-OH is 1. The second-order valence-electron chi connectivity index (χ2n) is 7.77. The van der Waals surface area contributed by atoms with Crippen LogP contribution in [0.1, 0.15) is 31.9 Å². The Bertz CT molecular complexity index is 1080. The number of benzene rings is 1. The third-order valence-corrected chi connectivity index (χ3v) is 5.34. The van der Waals surface area contributed by atoms with E-state index < -0.39 is 11.9 Å². The second-order valence-corrected chi connectivity index (χ2v) is 7.77. The molecule has 0 saturated carbocycles. The molecule has 0 unspecified atom stereocenters. The number of rotatable bonds is 4. The maximum Gasteiger partial charge on any atom is 0.255 e. The third kappa shape index (κ3) is 3.75. The fourth-order valence-electron chi connectivity index (χ4n) is 3.60. The molecule has 1 aromatic carbocycles. The van der Waals surface area contributed by atoms with E-state index in [4.69, 9.17) is 4.98 Å². The van der Waals surface area contributed by atoms with Crippen LogP contribution in [0, 0.1) is 5.82 Å². The Kier molecular flexibility index (Phi) is 4.87. The molecule has 1 aliphatic heterocycles. The van der Waals surface area contributed by atoms with Crippen LogP contribution in [0.3, 0.4) is 0 Å². The Hall–Kier alpha value is -3.13. The van der Waals surface area contributed by atoms with E-state index in [1.807, 2.05) is 18.7 Å². The normalized spacial score (nSPS) is 16.3. The first kappa shape index (κ1) is 19.2. The van der Waals surface area contributed by atoms with Gasteiger partial charge < -0.3 is 10.0 Å². The first-order valence-electron chi connectivity index (χ1n) is 9.44. The van der Waals surface area contributed by atoms with Gasteiger partial charge in [-0.15, -0.1) is 0 Å². The van der Waals surface area contributed by atoms with Crippen molar-refractivity contribution in [3.63, 3.8) is 0 Å². The summed E-state index contributed by atoms with van der Waals surface area (Å²) in [5, 5.41) is 10.8. The number of anilines is 1. The van der Waals surface area contributed by atoms with E-state index in [1.54, 1.807) is 29.0 Å². The van der Waals surface area contributed by atoms with Crippen LogP contribution in [0.4, 0.5) is 10.3 Å². The predicted molar refractivity (Wildman–Crippen MR) is 107 cm³/mol. The molecule has 1 N–H and O–H groups in total. The first-order chi connectivity index (χ1) is 13.8. The molecule has 1 aliphatic rings. The third-order valence-electron chi connectivity index (χ3n) is 5.34. The van der Waals surface area contributed by atoms with Crippen LogP contribution in [0.15, 0.2) is 53.7 Å². The fourth-order valence-corrected chi connectivity index (χ4v) is 3.60. The number of nitrogens with zero attached hydrogens (tertiary/aromatic N) is 5. The zero-order valence-corrected chi connectivity index (χ0v) is 16.3. The number of aromatic nitrogens is 4. The number of halogens is 1. The van der Waals surface area contributed by atoms with E-state index in [1.165, 1.54) is 24.5 Å². The van der Waals surface area contributed by atoms with Gasteiger partial charge in [-0.2, -0.15) is 0 Å². The molecular weight excluding hydrogens is 373 g/mol. The van der Waals surface area contributed by atoms with Crippen LogP contribution < -0.4 is 10.5 Å². The largest absolute Gasteiger partial charge is 0.387 e. The van der Waals surface area contributed by atoms with E-state index in [-0.39, 0.29) is 17.6 Å². The lowest BCUT2D eigenvalue weighted by molar-refractivity contribution is 0.168. The molecule has 0 aliphatic carbocycles. The van der Waals surface area contributed by atoms with Gasteiger partial charge in [-0.1, -0.05) is 12.1 Å². The average Bonchev–Trinajstić information content (AvgIpc) is 2.70. The molecular formula is C21H22FN5O2. The molecule has 3 heterocycles. The summed E-state index contributed by atoms with van der Waals surface area (Å²) < 4.78 is 15.2. The summed E-state index contributed by atoms with van der Waals surface area (Å²) in [6.07, 6.45) is 2.78. The van der Waals surface area contributed by atoms with Crippen LogP contribution in [-0.2, 0) is 6.54 Å². The zero-order chi connectivity index (χ0) is 20.6. The highest BCUT2D eigenvalue weighted by Crippen LogP contribution is 2.33. The van der Waals surface area contributed by atoms with E-state index in [0.717, 1.165) is 0 Å². The van der Waals surface area contributed by atoms with E-state index >= 15 is 0 Å². The number of hydrogen-bond acceptors (Lipinski definition) is 6. The highest BCUT2D eigenvalue weighted by atomic mass is 19.1. The van der Waals surface area contributed by atoms with Gasteiger partial charge in [0.1, 0.15) is 12.1 Å². The van der Waals surface area contributed by atoms with Crippen molar-refractivity contribution in [3.05, 3.63) is 70.7 Å². The summed E-state index contributed by atoms with van der Waals surface area (Å²) in [4.78, 5) is 27.5. The van der Waals surface area contributed by atoms with Gasteiger partial charge in [-0.05, 0) is 44.0 Å². The van der Waals surface area contributed by atoms with Crippen LogP contribution in [-0.4, -0.2) is 36.7 Å². The summed E-state index contributed by atoms with van der Waals surface area (Å²) in [6.45, 7) is 4.79. The quantitative estimate of drug-likeness (QED) is 0.731. The van der Waals surface area contributed by atoms with Crippen LogP contribution in [0.25, 0.3) is 11.4 Å². The molecule has 7 nitrogen and oxygen atoms in total. The van der Waals surface area contributed by atoms with Crippen LogP contribution in [0.2, 0.25) is 0 Å². The highest BCUT2D eigenvalue weighted by molar-refractivity contribution is 5.56. The first-order valence-corrected chi connectivity index (χ1v) is 9.44. The Morgan fingerprint density at radius 2 is 2.07 bits per heavy atom. The molecule has 0 radical (unpaired) electrons. The standard InChI is InChI=1S/C21H22FN5O2/c1-21(2)7-9-26-19(29)11-17(16-6-8-23-13-24-16)25-20(26)27(21)12-18(28)14-4-3-5-15(22)10-14/h3-6,8,10-11,13,18,28H,7,9,12H2,1-2H3/t18-/m1/s1. The molecule has 3 aromatic rings. The number of fused-ring (bicyclic) bond motifs is 1. The van der Waals surface area contributed by atoms with Gasteiger partial charge in [0.2, 0.25) is 5.95 Å². The molecule has 0 spiro atoms. The maximum absolute atomic E-state index is 13.6. The molecule has 0 saturated heterocycles. The van der Waals surface area contributed by atoms with E-state index in [0.29, 0.717) is 35.9 Å². The molecule has 1 atom stereocenters. The van der Waals surface area contributed by atoms with E-state index in [2.05, 4.69) is 9.97 Å². The molecule has 0 fully saturated rings. The number of β-amino-alcohol motifs (C(OH)–C–C–N with tert-alkyl or cyclic N) is 1. The Morgan fingerprint density at radius 1 is 1.24 bits per heavy atom. The second kappa shape index (κ2) is 7.36. The summed E-state index contributed by atoms with van der Waals surface area (Å²) in [6, 6.07) is 9.07. The van der Waals surface area contributed by atoms with Crippen LogP contribution in [0.5, 0.6) is 0 Å². The molecule has 0 bridgehead atoms. The van der Waals surface area contributed by atoms with Crippen molar-refractivity contribution in [2.75, 3.05) is 11.4 Å². The Balaban J connectivity index is 1.76. The summed E-state index contributed by atoms with van der Waals surface area (Å²) >= 11 is 0. The molecule has 2 aromatic heterocycles. The molecule has 29 heavy (non-hydrogen) atoms. The smallest absolute Gasteiger partial charge is 0.255 e. The fraction of sp³-hybridized carbons (Fsp3) is 0.333. The summed E-state index contributed by atoms with van der Waals surface area (Å²) in [5.74, 6) is 0.0676. The predicted octanol–water partition coefficient (Wildman–Crippen LogP) is 2.56. The van der Waals surface area contributed by atoms with Crippen molar-refractivity contribution in [2.45, 2.75) is 38.5 Å². The monoisotopic (exact) mass is 395 g/mol. The highest BCUT2D eigenvalue weighted by Gasteiger charge is 2.36. The van der Waals surface area contributed by atoms with Crippen molar-refractivity contribution in [1.29, 1.82) is 0 Å². The minimum absolute atomic E-state index is 0.177. The average molecular weight is 395 g/mol. The lowest BCUT2D eigenvalue weighted by atomic mass is 9.95. The van der Waals surface area contributed by atoms with Crippen molar-refractivity contribution < 1.29 is 9.50 Å². The number of aliphatic hydroxyl groups is 1. The molecule has 0 amide bonds. The summed E-state index contributed by atoms with van der Waals surface area (Å²) in [5.41, 5.74) is 0.954. The minimum atomic E-state index is -0.934. The minimum Gasteiger partial charge on any atom is -0.387 e. The van der Waals surface area contributed by atoms with Crippen molar-refractivity contribution in [1.82, 2.24) is 19.5 Å². The van der Waals surface area contributed by atoms with Gasteiger partial charge in [-0.25, -0.2) is 19.3 Å². The Morgan fingerprint density at radius 3 is 2.79 bits per heavy atom.